The average Bonchev–Trinajstić information content (AvgIpc) is 3.05. The van der Waals surface area contributed by atoms with Crippen LogP contribution in [0, 0.1) is 0 Å². The Morgan fingerprint density at radius 2 is 2.29 bits per heavy atom. The molecule has 8 nitrogen and oxygen atoms in total. The smallest absolute Gasteiger partial charge is 0.277 e. The van der Waals surface area contributed by atoms with Crippen LogP contribution in [-0.4, -0.2) is 44.2 Å². The Kier molecular flexibility index (Phi) is 2.68. The highest BCUT2D eigenvalue weighted by Gasteiger charge is 2.21. The van der Waals surface area contributed by atoms with Gasteiger partial charge in [-0.2, -0.15) is 5.10 Å². The largest absolute Gasteiger partial charge is 0.320 e. The highest BCUT2D eigenvalue weighted by atomic mass is 16.2. The summed E-state index contributed by atoms with van der Waals surface area (Å²) in [4.78, 5) is 12.2. The summed E-state index contributed by atoms with van der Waals surface area (Å²) in [6.07, 6.45) is 3.36. The third kappa shape index (κ3) is 2.05. The van der Waals surface area contributed by atoms with E-state index in [0.717, 1.165) is 24.0 Å². The van der Waals surface area contributed by atoms with Gasteiger partial charge in [0.05, 0.1) is 29.6 Å². The van der Waals surface area contributed by atoms with Gasteiger partial charge in [-0.3, -0.25) is 9.89 Å². The molecule has 0 radical (unpaired) electrons. The van der Waals surface area contributed by atoms with Crippen molar-refractivity contribution in [3.05, 3.63) is 36.3 Å². The van der Waals surface area contributed by atoms with Crippen molar-refractivity contribution in [2.75, 3.05) is 18.4 Å². The molecule has 2 aromatic heterocycles. The minimum atomic E-state index is -0.276. The Balaban J connectivity index is 1.57. The zero-order valence-electron chi connectivity index (χ0n) is 11.1. The first kappa shape index (κ1) is 12.0. The Morgan fingerprint density at radius 3 is 3.10 bits per heavy atom. The van der Waals surface area contributed by atoms with Gasteiger partial charge in [0.25, 0.3) is 5.91 Å². The number of carbonyl (C=O) groups is 1. The van der Waals surface area contributed by atoms with Gasteiger partial charge in [0, 0.05) is 18.5 Å². The van der Waals surface area contributed by atoms with Crippen molar-refractivity contribution >= 4 is 22.5 Å². The number of nitrogens with one attached hydrogen (secondary N) is 3. The van der Waals surface area contributed by atoms with Gasteiger partial charge in [-0.25, -0.2) is 4.68 Å². The molecule has 3 aromatic rings. The summed E-state index contributed by atoms with van der Waals surface area (Å²) >= 11 is 0. The van der Waals surface area contributed by atoms with Crippen LogP contribution in [0.3, 0.4) is 0 Å². The Morgan fingerprint density at radius 1 is 1.38 bits per heavy atom. The Labute approximate surface area is 119 Å². The zero-order valence-corrected chi connectivity index (χ0v) is 11.1. The molecule has 3 N–H and O–H groups in total. The summed E-state index contributed by atoms with van der Waals surface area (Å²) in [6, 6.07) is 5.87. The SMILES string of the molecule is O=C(Nc1cccc2[nH]ncc12)c1cn(C2CNC2)nn1. The standard InChI is InChI=1S/C13H13N7O/c21-13(12-7-20(19-18-12)8-4-14-5-8)16-10-2-1-3-11-9(10)6-15-17-11/h1-3,6-8,14H,4-5H2,(H,15,17)(H,16,21). The van der Waals surface area contributed by atoms with Gasteiger partial charge in [-0.1, -0.05) is 11.3 Å². The lowest BCUT2D eigenvalue weighted by Gasteiger charge is -2.26. The number of hydrogen-bond acceptors (Lipinski definition) is 5. The van der Waals surface area contributed by atoms with Gasteiger partial charge in [-0.05, 0) is 12.1 Å². The van der Waals surface area contributed by atoms with E-state index in [1.165, 1.54) is 0 Å². The van der Waals surface area contributed by atoms with Crippen LogP contribution in [0.2, 0.25) is 0 Å². The lowest BCUT2D eigenvalue weighted by molar-refractivity contribution is 0.102. The second kappa shape index (κ2) is 4.67. The molecule has 1 aliphatic rings. The number of benzene rings is 1. The van der Waals surface area contributed by atoms with Crippen molar-refractivity contribution in [1.29, 1.82) is 0 Å². The van der Waals surface area contributed by atoms with E-state index in [1.54, 1.807) is 17.1 Å². The molecule has 0 unspecified atom stereocenters. The molecule has 1 saturated heterocycles. The predicted molar refractivity (Wildman–Crippen MR) is 76.0 cm³/mol. The molecule has 8 heteroatoms. The summed E-state index contributed by atoms with van der Waals surface area (Å²) in [5.41, 5.74) is 1.88. The maximum Gasteiger partial charge on any atom is 0.277 e. The molecule has 0 atom stereocenters. The highest BCUT2D eigenvalue weighted by Crippen LogP contribution is 2.21. The average molecular weight is 283 g/mol. The number of hydrogen-bond donors (Lipinski definition) is 3. The topological polar surface area (TPSA) is 101 Å². The summed E-state index contributed by atoms with van der Waals surface area (Å²) in [6.45, 7) is 1.72. The Bertz CT molecular complexity index is 802. The zero-order chi connectivity index (χ0) is 14.2. The van der Waals surface area contributed by atoms with Crippen LogP contribution >= 0.6 is 0 Å². The van der Waals surface area contributed by atoms with Crippen molar-refractivity contribution in [2.45, 2.75) is 6.04 Å². The molecule has 1 amide bonds. The van der Waals surface area contributed by atoms with Crippen LogP contribution in [0.4, 0.5) is 5.69 Å². The normalized spacial score (nSPS) is 15.0. The van der Waals surface area contributed by atoms with E-state index in [-0.39, 0.29) is 11.9 Å². The number of carbonyl (C=O) groups excluding carboxylic acids is 1. The molecule has 106 valence electrons. The maximum atomic E-state index is 12.2. The summed E-state index contributed by atoms with van der Waals surface area (Å²) in [5.74, 6) is -0.276. The van der Waals surface area contributed by atoms with Crippen molar-refractivity contribution in [3.8, 4) is 0 Å². The summed E-state index contributed by atoms with van der Waals surface area (Å²) in [5, 5.41) is 21.6. The molecular formula is C13H13N7O. The van der Waals surface area contributed by atoms with Crippen LogP contribution in [0.15, 0.2) is 30.6 Å². The van der Waals surface area contributed by atoms with Crippen molar-refractivity contribution < 1.29 is 4.79 Å². The van der Waals surface area contributed by atoms with Crippen molar-refractivity contribution in [1.82, 2.24) is 30.5 Å². The van der Waals surface area contributed by atoms with Gasteiger partial charge in [-0.15, -0.1) is 5.10 Å². The minimum Gasteiger partial charge on any atom is -0.320 e. The van der Waals surface area contributed by atoms with E-state index in [1.807, 2.05) is 18.2 Å². The molecular weight excluding hydrogens is 270 g/mol. The van der Waals surface area contributed by atoms with E-state index < -0.39 is 0 Å². The lowest BCUT2D eigenvalue weighted by Crippen LogP contribution is -2.43. The number of amides is 1. The van der Waals surface area contributed by atoms with E-state index in [9.17, 15) is 4.79 Å². The van der Waals surface area contributed by atoms with Crippen LogP contribution in [0.1, 0.15) is 16.5 Å². The molecule has 1 aromatic carbocycles. The summed E-state index contributed by atoms with van der Waals surface area (Å²) in [7, 11) is 0. The fourth-order valence-electron chi connectivity index (χ4n) is 2.28. The van der Waals surface area contributed by atoms with E-state index in [4.69, 9.17) is 0 Å². The number of fused-ring (bicyclic) bond motifs is 1. The van der Waals surface area contributed by atoms with Gasteiger partial charge in [0.15, 0.2) is 5.69 Å². The number of aromatic amines is 1. The lowest BCUT2D eigenvalue weighted by atomic mass is 10.2. The van der Waals surface area contributed by atoms with E-state index in [0.29, 0.717) is 11.4 Å². The van der Waals surface area contributed by atoms with Gasteiger partial charge < -0.3 is 10.6 Å². The molecule has 4 rings (SSSR count). The monoisotopic (exact) mass is 283 g/mol. The fourth-order valence-corrected chi connectivity index (χ4v) is 2.28. The molecule has 0 bridgehead atoms. The predicted octanol–water partition coefficient (Wildman–Crippen LogP) is 0.551. The number of anilines is 1. The fraction of sp³-hybridized carbons (Fsp3) is 0.231. The second-order valence-corrected chi connectivity index (χ2v) is 4.99. The molecule has 3 heterocycles. The highest BCUT2D eigenvalue weighted by molar-refractivity contribution is 6.07. The van der Waals surface area contributed by atoms with Gasteiger partial charge in [0.2, 0.25) is 0 Å². The van der Waals surface area contributed by atoms with Crippen LogP contribution in [-0.2, 0) is 0 Å². The number of rotatable bonds is 3. The molecule has 21 heavy (non-hydrogen) atoms. The van der Waals surface area contributed by atoms with Crippen LogP contribution < -0.4 is 10.6 Å². The van der Waals surface area contributed by atoms with Crippen LogP contribution in [0.5, 0.6) is 0 Å². The van der Waals surface area contributed by atoms with Gasteiger partial charge in [0.1, 0.15) is 0 Å². The summed E-state index contributed by atoms with van der Waals surface area (Å²) < 4.78 is 1.73. The molecule has 0 aliphatic carbocycles. The first-order valence-corrected chi connectivity index (χ1v) is 6.67. The third-order valence-corrected chi connectivity index (χ3v) is 3.61. The van der Waals surface area contributed by atoms with E-state index >= 15 is 0 Å². The molecule has 1 fully saturated rings. The second-order valence-electron chi connectivity index (χ2n) is 4.99. The minimum absolute atomic E-state index is 0.276. The number of nitrogens with zero attached hydrogens (tertiary/aromatic N) is 4. The maximum absolute atomic E-state index is 12.2. The molecule has 0 saturated carbocycles. The Hall–Kier alpha value is -2.74. The van der Waals surface area contributed by atoms with Crippen LogP contribution in [0.25, 0.3) is 10.9 Å². The first-order valence-electron chi connectivity index (χ1n) is 6.67. The first-order chi connectivity index (χ1) is 10.3. The molecule has 0 spiro atoms. The van der Waals surface area contributed by atoms with E-state index in [2.05, 4.69) is 31.1 Å². The molecule has 1 aliphatic heterocycles. The van der Waals surface area contributed by atoms with Crippen molar-refractivity contribution in [2.24, 2.45) is 0 Å². The number of aromatic nitrogens is 5. The van der Waals surface area contributed by atoms with Crippen molar-refractivity contribution in [3.63, 3.8) is 0 Å². The quantitative estimate of drug-likeness (QED) is 0.651. The number of H-pyrrole nitrogens is 1. The van der Waals surface area contributed by atoms with Gasteiger partial charge >= 0.3 is 0 Å². The third-order valence-electron chi connectivity index (χ3n) is 3.61.